The van der Waals surface area contributed by atoms with Gasteiger partial charge in [0, 0.05) is 18.3 Å². The van der Waals surface area contributed by atoms with Gasteiger partial charge in [-0.05, 0) is 35.6 Å². The molecule has 4 heteroatoms. The van der Waals surface area contributed by atoms with Gasteiger partial charge in [0.2, 0.25) is 5.91 Å². The van der Waals surface area contributed by atoms with E-state index in [1.807, 2.05) is 30.3 Å². The second-order valence-electron chi connectivity index (χ2n) is 4.87. The molecule has 100 valence electrons. The van der Waals surface area contributed by atoms with E-state index in [-0.39, 0.29) is 11.8 Å². The summed E-state index contributed by atoms with van der Waals surface area (Å²) in [5.74, 6) is 0.378. The van der Waals surface area contributed by atoms with E-state index in [1.165, 1.54) is 5.56 Å². The van der Waals surface area contributed by atoms with E-state index in [4.69, 9.17) is 0 Å². The molecule has 0 unspecified atom stereocenters. The van der Waals surface area contributed by atoms with Crippen LogP contribution in [0.15, 0.2) is 60.0 Å². The Balaban J connectivity index is 1.53. The predicted molar refractivity (Wildman–Crippen MR) is 77.3 cm³/mol. The SMILES string of the molecule is O=C(NN=Cc1ccncc1)[C@@H]1C[C@H]1c1ccccc1. The highest BCUT2D eigenvalue weighted by molar-refractivity contribution is 5.85. The molecule has 1 fully saturated rings. The Bertz CT molecular complexity index is 610. The number of rotatable bonds is 4. The number of hydrogen-bond donors (Lipinski definition) is 1. The quantitative estimate of drug-likeness (QED) is 0.681. The first-order valence-corrected chi connectivity index (χ1v) is 6.62. The van der Waals surface area contributed by atoms with E-state index in [2.05, 4.69) is 27.6 Å². The molecule has 1 N–H and O–H groups in total. The summed E-state index contributed by atoms with van der Waals surface area (Å²) in [6.07, 6.45) is 5.91. The normalized spacial score (nSPS) is 20.8. The Labute approximate surface area is 117 Å². The van der Waals surface area contributed by atoms with Crippen LogP contribution in [0.5, 0.6) is 0 Å². The molecule has 20 heavy (non-hydrogen) atoms. The van der Waals surface area contributed by atoms with Crippen LogP contribution in [0.4, 0.5) is 0 Å². The van der Waals surface area contributed by atoms with Gasteiger partial charge in [0.15, 0.2) is 0 Å². The second-order valence-corrected chi connectivity index (χ2v) is 4.87. The summed E-state index contributed by atoms with van der Waals surface area (Å²) in [5.41, 5.74) is 4.74. The fourth-order valence-electron chi connectivity index (χ4n) is 2.26. The van der Waals surface area contributed by atoms with Crippen molar-refractivity contribution in [3.8, 4) is 0 Å². The highest BCUT2D eigenvalue weighted by Crippen LogP contribution is 2.47. The van der Waals surface area contributed by atoms with Crippen LogP contribution in [-0.2, 0) is 4.79 Å². The zero-order valence-electron chi connectivity index (χ0n) is 10.9. The molecule has 1 heterocycles. The maximum atomic E-state index is 11.9. The third-order valence-electron chi connectivity index (χ3n) is 3.45. The molecule has 2 atom stereocenters. The summed E-state index contributed by atoms with van der Waals surface area (Å²) in [5, 5.41) is 3.98. The fraction of sp³-hybridized carbons (Fsp3) is 0.188. The molecule has 0 bridgehead atoms. The monoisotopic (exact) mass is 265 g/mol. The zero-order valence-corrected chi connectivity index (χ0v) is 10.9. The standard InChI is InChI=1S/C16H15N3O/c20-16(19-18-11-12-6-8-17-9-7-12)15-10-14(15)13-4-2-1-3-5-13/h1-9,11,14-15H,10H2,(H,19,20)/t14-,15+/m0/s1. The highest BCUT2D eigenvalue weighted by Gasteiger charge is 2.43. The molecule has 1 amide bonds. The van der Waals surface area contributed by atoms with Gasteiger partial charge in [0.25, 0.3) is 0 Å². The molecule has 0 saturated heterocycles. The third-order valence-corrected chi connectivity index (χ3v) is 3.45. The predicted octanol–water partition coefficient (Wildman–Crippen LogP) is 2.34. The van der Waals surface area contributed by atoms with E-state index in [1.54, 1.807) is 18.6 Å². The first-order valence-electron chi connectivity index (χ1n) is 6.62. The molecular weight excluding hydrogens is 250 g/mol. The maximum absolute atomic E-state index is 11.9. The van der Waals surface area contributed by atoms with E-state index in [9.17, 15) is 4.79 Å². The molecule has 1 saturated carbocycles. The summed E-state index contributed by atoms with van der Waals surface area (Å²) < 4.78 is 0. The minimum absolute atomic E-state index is 0.0100. The van der Waals surface area contributed by atoms with Crippen molar-refractivity contribution in [2.24, 2.45) is 11.0 Å². The van der Waals surface area contributed by atoms with Crippen molar-refractivity contribution >= 4 is 12.1 Å². The van der Waals surface area contributed by atoms with Crippen LogP contribution in [0.25, 0.3) is 0 Å². The molecule has 3 rings (SSSR count). The van der Waals surface area contributed by atoms with Gasteiger partial charge < -0.3 is 0 Å². The van der Waals surface area contributed by atoms with Gasteiger partial charge in [-0.25, -0.2) is 5.43 Å². The number of pyridine rings is 1. The van der Waals surface area contributed by atoms with Gasteiger partial charge in [-0.15, -0.1) is 0 Å². The lowest BCUT2D eigenvalue weighted by Crippen LogP contribution is -2.20. The molecule has 1 aromatic carbocycles. The molecule has 0 spiro atoms. The minimum atomic E-state index is -0.0100. The number of carbonyl (C=O) groups is 1. The lowest BCUT2D eigenvalue weighted by molar-refractivity contribution is -0.122. The fourth-order valence-corrected chi connectivity index (χ4v) is 2.26. The number of hydrogen-bond acceptors (Lipinski definition) is 3. The Hall–Kier alpha value is -2.49. The van der Waals surface area contributed by atoms with Crippen LogP contribution in [-0.4, -0.2) is 17.1 Å². The number of aromatic nitrogens is 1. The van der Waals surface area contributed by atoms with Crippen molar-refractivity contribution in [3.63, 3.8) is 0 Å². The molecular formula is C16H15N3O. The van der Waals surface area contributed by atoms with Crippen molar-refractivity contribution in [2.45, 2.75) is 12.3 Å². The minimum Gasteiger partial charge on any atom is -0.273 e. The molecule has 2 aromatic rings. The largest absolute Gasteiger partial charge is 0.273 e. The van der Waals surface area contributed by atoms with Crippen molar-refractivity contribution < 1.29 is 4.79 Å². The van der Waals surface area contributed by atoms with Crippen LogP contribution >= 0.6 is 0 Å². The van der Waals surface area contributed by atoms with E-state index < -0.39 is 0 Å². The van der Waals surface area contributed by atoms with Gasteiger partial charge in [-0.2, -0.15) is 5.10 Å². The van der Waals surface area contributed by atoms with E-state index in [0.29, 0.717) is 5.92 Å². The summed E-state index contributed by atoms with van der Waals surface area (Å²) in [6.45, 7) is 0. The van der Waals surface area contributed by atoms with Gasteiger partial charge in [0.05, 0.1) is 6.21 Å². The summed E-state index contributed by atoms with van der Waals surface area (Å²) >= 11 is 0. The van der Waals surface area contributed by atoms with Gasteiger partial charge in [-0.1, -0.05) is 30.3 Å². The molecule has 0 aliphatic heterocycles. The number of carbonyl (C=O) groups excluding carboxylic acids is 1. The van der Waals surface area contributed by atoms with Gasteiger partial charge >= 0.3 is 0 Å². The Morgan fingerprint density at radius 2 is 1.95 bits per heavy atom. The average molecular weight is 265 g/mol. The highest BCUT2D eigenvalue weighted by atomic mass is 16.2. The lowest BCUT2D eigenvalue weighted by Gasteiger charge is -1.99. The van der Waals surface area contributed by atoms with E-state index in [0.717, 1.165) is 12.0 Å². The number of hydrazone groups is 1. The van der Waals surface area contributed by atoms with Crippen LogP contribution in [0.2, 0.25) is 0 Å². The molecule has 0 radical (unpaired) electrons. The third kappa shape index (κ3) is 2.91. The number of amides is 1. The van der Waals surface area contributed by atoms with Gasteiger partial charge in [-0.3, -0.25) is 9.78 Å². The van der Waals surface area contributed by atoms with Crippen molar-refractivity contribution in [1.29, 1.82) is 0 Å². The number of nitrogens with one attached hydrogen (secondary N) is 1. The first-order chi connectivity index (χ1) is 9.84. The lowest BCUT2D eigenvalue weighted by atomic mass is 10.1. The Kier molecular flexibility index (Phi) is 3.54. The summed E-state index contributed by atoms with van der Waals surface area (Å²) in [7, 11) is 0. The zero-order chi connectivity index (χ0) is 13.8. The van der Waals surface area contributed by atoms with Crippen LogP contribution < -0.4 is 5.43 Å². The molecule has 1 aromatic heterocycles. The van der Waals surface area contributed by atoms with Crippen LogP contribution in [0, 0.1) is 5.92 Å². The van der Waals surface area contributed by atoms with Crippen molar-refractivity contribution in [2.75, 3.05) is 0 Å². The summed E-state index contributed by atoms with van der Waals surface area (Å²) in [4.78, 5) is 15.9. The number of nitrogens with zero attached hydrogens (tertiary/aromatic N) is 2. The molecule has 4 nitrogen and oxygen atoms in total. The van der Waals surface area contributed by atoms with E-state index >= 15 is 0 Å². The number of benzene rings is 1. The average Bonchev–Trinajstić information content (AvgIpc) is 3.30. The van der Waals surface area contributed by atoms with Crippen LogP contribution in [0.3, 0.4) is 0 Å². The maximum Gasteiger partial charge on any atom is 0.243 e. The molecule has 1 aliphatic carbocycles. The molecule has 1 aliphatic rings. The second kappa shape index (κ2) is 5.65. The van der Waals surface area contributed by atoms with Gasteiger partial charge in [0.1, 0.15) is 0 Å². The van der Waals surface area contributed by atoms with Crippen molar-refractivity contribution in [1.82, 2.24) is 10.4 Å². The van der Waals surface area contributed by atoms with Crippen LogP contribution in [0.1, 0.15) is 23.5 Å². The topological polar surface area (TPSA) is 54.4 Å². The summed E-state index contributed by atoms with van der Waals surface area (Å²) in [6, 6.07) is 13.8. The smallest absolute Gasteiger partial charge is 0.243 e. The first kappa shape index (κ1) is 12.5. The Morgan fingerprint density at radius 1 is 1.20 bits per heavy atom. The van der Waals surface area contributed by atoms with Crippen molar-refractivity contribution in [3.05, 3.63) is 66.0 Å². The Morgan fingerprint density at radius 3 is 2.70 bits per heavy atom.